The van der Waals surface area contributed by atoms with Crippen LogP contribution in [-0.2, 0) is 4.74 Å². The molecule has 1 N–H and O–H groups in total. The van der Waals surface area contributed by atoms with Crippen LogP contribution in [0.3, 0.4) is 0 Å². The lowest BCUT2D eigenvalue weighted by Crippen LogP contribution is -2.46. The predicted molar refractivity (Wildman–Crippen MR) is 115 cm³/mol. The molecule has 27 heavy (non-hydrogen) atoms. The lowest BCUT2D eigenvalue weighted by molar-refractivity contribution is 0.00428. The fourth-order valence-corrected chi connectivity index (χ4v) is 4.68. The Morgan fingerprint density at radius 1 is 1.19 bits per heavy atom. The van der Waals surface area contributed by atoms with Crippen molar-refractivity contribution in [2.75, 3.05) is 25.0 Å². The highest BCUT2D eigenvalue weighted by molar-refractivity contribution is 9.10. The zero-order valence-electron chi connectivity index (χ0n) is 16.5. The maximum Gasteiger partial charge on any atom is 0.132 e. The van der Waals surface area contributed by atoms with E-state index in [4.69, 9.17) is 4.74 Å². The van der Waals surface area contributed by atoms with Crippen LogP contribution in [0, 0.1) is 11.8 Å². The molecule has 1 aromatic carbocycles. The first-order chi connectivity index (χ1) is 13.1. The minimum atomic E-state index is 0.409. The van der Waals surface area contributed by atoms with Crippen molar-refractivity contribution in [3.05, 3.63) is 27.1 Å². The van der Waals surface area contributed by atoms with Gasteiger partial charge in [-0.25, -0.2) is 0 Å². The lowest BCUT2D eigenvalue weighted by Gasteiger charge is -2.41. The Bertz CT molecular complexity index is 624. The molecule has 1 heterocycles. The van der Waals surface area contributed by atoms with Crippen molar-refractivity contribution in [1.29, 1.82) is 0 Å². The van der Waals surface area contributed by atoms with Crippen molar-refractivity contribution in [2.45, 2.75) is 77.0 Å². The van der Waals surface area contributed by atoms with E-state index in [1.54, 1.807) is 6.07 Å². The molecule has 2 fully saturated rings. The number of benzene rings is 1. The Morgan fingerprint density at radius 2 is 1.89 bits per heavy atom. The molecule has 6 heteroatoms. The monoisotopic (exact) mass is 437 g/mol. The Hall–Kier alpha value is -0.980. The van der Waals surface area contributed by atoms with Gasteiger partial charge in [-0.1, -0.05) is 22.9 Å². The summed E-state index contributed by atoms with van der Waals surface area (Å²) in [6.07, 6.45) is 8.74. The zero-order valence-corrected chi connectivity index (χ0v) is 18.1. The topological polar surface area (TPSA) is 53.9 Å². The summed E-state index contributed by atoms with van der Waals surface area (Å²) in [5, 5.41) is 6.75. The van der Waals surface area contributed by atoms with Gasteiger partial charge in [0.15, 0.2) is 0 Å². The fraction of sp³-hybridized carbons (Fsp3) is 0.714. The van der Waals surface area contributed by atoms with E-state index in [2.05, 4.69) is 38.2 Å². The molecule has 1 saturated carbocycles. The number of anilines is 1. The molecule has 0 amide bonds. The zero-order chi connectivity index (χ0) is 19.2. The Kier molecular flexibility index (Phi) is 7.67. The second-order valence-corrected chi connectivity index (χ2v) is 8.82. The van der Waals surface area contributed by atoms with E-state index in [1.807, 2.05) is 13.0 Å². The Morgan fingerprint density at radius 3 is 2.52 bits per heavy atom. The van der Waals surface area contributed by atoms with Gasteiger partial charge >= 0.3 is 0 Å². The first-order valence-corrected chi connectivity index (χ1v) is 11.2. The molecule has 0 unspecified atom stereocenters. The Balaban J connectivity index is 1.47. The highest BCUT2D eigenvalue weighted by Crippen LogP contribution is 2.33. The highest BCUT2D eigenvalue weighted by Gasteiger charge is 2.29. The predicted octanol–water partition coefficient (Wildman–Crippen LogP) is 5.77. The largest absolute Gasteiger partial charge is 0.380 e. The number of aryl methyl sites for hydroxylation is 1. The van der Waals surface area contributed by atoms with Gasteiger partial charge in [-0.05, 0) is 74.7 Å². The molecule has 0 atom stereocenters. The second kappa shape index (κ2) is 9.99. The van der Waals surface area contributed by atoms with Crippen LogP contribution in [0.2, 0.25) is 0 Å². The maximum atomic E-state index is 11.2. The van der Waals surface area contributed by atoms with Gasteiger partial charge in [-0.15, -0.1) is 4.91 Å². The molecule has 0 spiro atoms. The minimum Gasteiger partial charge on any atom is -0.380 e. The molecule has 1 aliphatic carbocycles. The summed E-state index contributed by atoms with van der Waals surface area (Å²) < 4.78 is 6.85. The smallest absolute Gasteiger partial charge is 0.132 e. The molecule has 5 nitrogen and oxygen atoms in total. The van der Waals surface area contributed by atoms with Gasteiger partial charge in [0.25, 0.3) is 0 Å². The number of nitrogens with one attached hydrogen (secondary N) is 1. The standard InChI is InChI=1S/C21H32BrN3O2/c1-3-12-27-18-6-4-17(5-7-18)25-10-8-16(9-11-25)23-20-13-15(2)19(22)14-21(20)24-26/h13-14,16-18,23H,3-12H2,1-2H3/t17-,18-. The first kappa shape index (κ1) is 20.7. The van der Waals surface area contributed by atoms with Crippen molar-refractivity contribution in [2.24, 2.45) is 5.18 Å². The van der Waals surface area contributed by atoms with Gasteiger partial charge in [-0.3, -0.25) is 0 Å². The summed E-state index contributed by atoms with van der Waals surface area (Å²) in [5.41, 5.74) is 2.46. The van der Waals surface area contributed by atoms with Crippen LogP contribution in [0.1, 0.15) is 57.4 Å². The number of ether oxygens (including phenoxy) is 1. The molecule has 1 aliphatic heterocycles. The molecule has 3 rings (SSSR count). The fourth-order valence-electron chi connectivity index (χ4n) is 4.35. The van der Waals surface area contributed by atoms with Crippen LogP contribution in [0.4, 0.5) is 11.4 Å². The summed E-state index contributed by atoms with van der Waals surface area (Å²) >= 11 is 3.47. The number of nitrogens with zero attached hydrogens (tertiary/aromatic N) is 2. The van der Waals surface area contributed by atoms with Crippen molar-refractivity contribution < 1.29 is 4.74 Å². The molecule has 0 radical (unpaired) electrons. The number of piperidine rings is 1. The van der Waals surface area contributed by atoms with Crippen LogP contribution in [-0.4, -0.2) is 42.8 Å². The van der Waals surface area contributed by atoms with E-state index in [-0.39, 0.29) is 0 Å². The maximum absolute atomic E-state index is 11.2. The normalized spacial score (nSPS) is 24.7. The number of hydrogen-bond donors (Lipinski definition) is 1. The second-order valence-electron chi connectivity index (χ2n) is 7.97. The van der Waals surface area contributed by atoms with Crippen LogP contribution in [0.25, 0.3) is 0 Å². The lowest BCUT2D eigenvalue weighted by atomic mass is 9.90. The Labute approximate surface area is 171 Å². The van der Waals surface area contributed by atoms with Gasteiger partial charge in [0.05, 0.1) is 11.8 Å². The number of halogens is 1. The van der Waals surface area contributed by atoms with E-state index < -0.39 is 0 Å². The number of nitroso groups, excluding NO2 is 1. The van der Waals surface area contributed by atoms with Crippen LogP contribution in [0.15, 0.2) is 21.8 Å². The van der Waals surface area contributed by atoms with Gasteiger partial charge in [-0.2, -0.15) is 0 Å². The number of likely N-dealkylation sites (tertiary alicyclic amines) is 1. The summed E-state index contributed by atoms with van der Waals surface area (Å²) in [6, 6.07) is 4.95. The summed E-state index contributed by atoms with van der Waals surface area (Å²) in [5.74, 6) is 0. The summed E-state index contributed by atoms with van der Waals surface area (Å²) in [7, 11) is 0. The van der Waals surface area contributed by atoms with E-state index in [0.717, 1.165) is 60.7 Å². The van der Waals surface area contributed by atoms with E-state index in [1.165, 1.54) is 25.7 Å². The summed E-state index contributed by atoms with van der Waals surface area (Å²) in [4.78, 5) is 13.8. The molecule has 150 valence electrons. The third-order valence-electron chi connectivity index (χ3n) is 5.98. The van der Waals surface area contributed by atoms with Crippen molar-refractivity contribution in [3.63, 3.8) is 0 Å². The number of rotatable bonds is 7. The first-order valence-electron chi connectivity index (χ1n) is 10.4. The summed E-state index contributed by atoms with van der Waals surface area (Å²) in [6.45, 7) is 7.37. The van der Waals surface area contributed by atoms with Crippen molar-refractivity contribution in [3.8, 4) is 0 Å². The van der Waals surface area contributed by atoms with Crippen LogP contribution < -0.4 is 5.32 Å². The molecule has 0 bridgehead atoms. The van der Waals surface area contributed by atoms with E-state index in [9.17, 15) is 4.91 Å². The highest BCUT2D eigenvalue weighted by atomic mass is 79.9. The molecule has 1 aromatic rings. The SMILES string of the molecule is CCCO[C@H]1CC[C@H](N2CCC(Nc3cc(C)c(Br)cc3N=O)CC2)CC1. The van der Waals surface area contributed by atoms with E-state index in [0.29, 0.717) is 17.8 Å². The van der Waals surface area contributed by atoms with Gasteiger partial charge in [0.1, 0.15) is 5.69 Å². The van der Waals surface area contributed by atoms with Crippen molar-refractivity contribution in [1.82, 2.24) is 4.90 Å². The molecule has 0 aromatic heterocycles. The third-order valence-corrected chi connectivity index (χ3v) is 6.84. The van der Waals surface area contributed by atoms with Crippen LogP contribution >= 0.6 is 15.9 Å². The number of hydrogen-bond acceptors (Lipinski definition) is 5. The molecule has 1 saturated heterocycles. The van der Waals surface area contributed by atoms with Crippen LogP contribution in [0.5, 0.6) is 0 Å². The average molecular weight is 438 g/mol. The average Bonchev–Trinajstić information content (AvgIpc) is 2.70. The van der Waals surface area contributed by atoms with Crippen molar-refractivity contribution >= 4 is 27.3 Å². The molecular weight excluding hydrogens is 406 g/mol. The van der Waals surface area contributed by atoms with Gasteiger partial charge in [0.2, 0.25) is 0 Å². The van der Waals surface area contributed by atoms with Gasteiger partial charge < -0.3 is 15.0 Å². The minimum absolute atomic E-state index is 0.409. The van der Waals surface area contributed by atoms with E-state index >= 15 is 0 Å². The molecular formula is C21H32BrN3O2. The third kappa shape index (κ3) is 5.52. The quantitative estimate of drug-likeness (QED) is 0.549. The molecule has 2 aliphatic rings. The van der Waals surface area contributed by atoms with Gasteiger partial charge in [0, 0.05) is 36.3 Å².